The third-order valence-corrected chi connectivity index (χ3v) is 6.73. The van der Waals surface area contributed by atoms with E-state index in [0.29, 0.717) is 30.5 Å². The number of urea groups is 1. The van der Waals surface area contributed by atoms with Crippen molar-refractivity contribution in [2.45, 2.75) is 51.2 Å². The van der Waals surface area contributed by atoms with Crippen LogP contribution in [0.3, 0.4) is 0 Å². The van der Waals surface area contributed by atoms with Crippen molar-refractivity contribution in [2.24, 2.45) is 0 Å². The number of carbonyl (C=O) groups is 1. The van der Waals surface area contributed by atoms with E-state index in [1.165, 1.54) is 17.2 Å². The minimum absolute atomic E-state index is 0.0333. The molecule has 5 rings (SSSR count). The zero-order chi connectivity index (χ0) is 28.7. The Labute approximate surface area is 230 Å². The van der Waals surface area contributed by atoms with Gasteiger partial charge < -0.3 is 25.2 Å². The third-order valence-electron chi connectivity index (χ3n) is 6.73. The number of rotatable bonds is 7. The first-order chi connectivity index (χ1) is 18.8. The van der Waals surface area contributed by atoms with Gasteiger partial charge in [-0.25, -0.2) is 14.8 Å². The van der Waals surface area contributed by atoms with E-state index in [9.17, 15) is 18.0 Å². The number of halogens is 3. The van der Waals surface area contributed by atoms with Gasteiger partial charge in [0.25, 0.3) is 0 Å². The van der Waals surface area contributed by atoms with Crippen molar-refractivity contribution >= 4 is 17.7 Å². The summed E-state index contributed by atoms with van der Waals surface area (Å²) in [6.45, 7) is 8.17. The van der Waals surface area contributed by atoms with Gasteiger partial charge in [0.1, 0.15) is 0 Å². The molecule has 2 aliphatic rings. The van der Waals surface area contributed by atoms with Crippen molar-refractivity contribution in [3.63, 3.8) is 0 Å². The minimum atomic E-state index is -4.61. The van der Waals surface area contributed by atoms with Crippen LogP contribution in [0.15, 0.2) is 42.9 Å². The Bertz CT molecular complexity index is 1360. The predicted molar refractivity (Wildman–Crippen MR) is 143 cm³/mol. The Morgan fingerprint density at radius 1 is 1.12 bits per heavy atom. The number of likely N-dealkylation sites (tertiary alicyclic amines) is 2. The van der Waals surface area contributed by atoms with Gasteiger partial charge >= 0.3 is 12.2 Å². The van der Waals surface area contributed by atoms with Crippen LogP contribution < -0.4 is 10.6 Å². The molecule has 4 heterocycles. The number of benzene rings is 1. The summed E-state index contributed by atoms with van der Waals surface area (Å²) in [5, 5.41) is 10.0. The Hall–Kier alpha value is -3.71. The fraction of sp³-hybridized carbons (Fsp3) is 0.481. The van der Waals surface area contributed by atoms with Gasteiger partial charge in [0.2, 0.25) is 5.95 Å². The largest absolute Gasteiger partial charge is 0.416 e. The standard InChI is InChI=1S/C27H33F3N8O2/c1-26(2,3)40-21-15-37(16-21)25(39)32-10-18-6-5-17(9-22(18)27(28,29)30)23-7-8-31-24(35-23)34-19-11-33-38(12-19)20-13-36(4)14-20/h5-9,11-12,20-21H,10,13-16H2,1-4H3,(H,32,39)(H,31,34,35). The summed E-state index contributed by atoms with van der Waals surface area (Å²) in [4.78, 5) is 24.8. The summed E-state index contributed by atoms with van der Waals surface area (Å²) >= 11 is 0. The van der Waals surface area contributed by atoms with E-state index >= 15 is 0 Å². The molecule has 13 heteroatoms. The molecule has 0 radical (unpaired) electrons. The molecule has 2 N–H and O–H groups in total. The molecule has 214 valence electrons. The van der Waals surface area contributed by atoms with Gasteiger partial charge in [0.15, 0.2) is 0 Å². The first kappa shape index (κ1) is 27.8. The number of hydrogen-bond acceptors (Lipinski definition) is 7. The van der Waals surface area contributed by atoms with E-state index in [1.54, 1.807) is 18.3 Å². The highest BCUT2D eigenvalue weighted by Gasteiger charge is 2.36. The van der Waals surface area contributed by atoms with E-state index in [4.69, 9.17) is 4.74 Å². The van der Waals surface area contributed by atoms with E-state index in [0.717, 1.165) is 19.2 Å². The summed E-state index contributed by atoms with van der Waals surface area (Å²) in [6.07, 6.45) is 0.315. The number of amides is 2. The number of ether oxygens (including phenoxy) is 1. The van der Waals surface area contributed by atoms with Crippen LogP contribution in [0.5, 0.6) is 0 Å². The Balaban J connectivity index is 1.25. The van der Waals surface area contributed by atoms with Crippen LogP contribution in [0.2, 0.25) is 0 Å². The molecule has 2 saturated heterocycles. The first-order valence-corrected chi connectivity index (χ1v) is 13.1. The van der Waals surface area contributed by atoms with Crippen LogP contribution in [0.4, 0.5) is 29.6 Å². The fourth-order valence-corrected chi connectivity index (χ4v) is 4.76. The maximum atomic E-state index is 14.0. The van der Waals surface area contributed by atoms with Crippen LogP contribution in [0.25, 0.3) is 11.3 Å². The highest BCUT2D eigenvalue weighted by molar-refractivity contribution is 5.75. The average Bonchev–Trinajstić information content (AvgIpc) is 3.29. The zero-order valence-electron chi connectivity index (χ0n) is 22.9. The molecule has 0 spiro atoms. The number of nitrogens with one attached hydrogen (secondary N) is 2. The van der Waals surface area contributed by atoms with Crippen LogP contribution in [-0.4, -0.2) is 80.5 Å². The van der Waals surface area contributed by atoms with E-state index in [2.05, 4.69) is 30.6 Å². The Morgan fingerprint density at radius 2 is 1.88 bits per heavy atom. The van der Waals surface area contributed by atoms with Gasteiger partial charge in [0, 0.05) is 37.6 Å². The molecule has 10 nitrogen and oxygen atoms in total. The summed E-state index contributed by atoms with van der Waals surface area (Å²) in [5.74, 6) is 0.246. The molecule has 0 aliphatic carbocycles. The highest BCUT2D eigenvalue weighted by atomic mass is 19.4. The molecule has 1 aromatic carbocycles. The molecular weight excluding hydrogens is 525 g/mol. The minimum Gasteiger partial charge on any atom is -0.369 e. The predicted octanol–water partition coefficient (Wildman–Crippen LogP) is 4.30. The molecule has 0 atom stereocenters. The van der Waals surface area contributed by atoms with Crippen LogP contribution in [0, 0.1) is 0 Å². The molecule has 3 aromatic rings. The average molecular weight is 559 g/mol. The van der Waals surface area contributed by atoms with Crippen molar-refractivity contribution in [2.75, 3.05) is 38.5 Å². The number of alkyl halides is 3. The molecule has 0 unspecified atom stereocenters. The van der Waals surface area contributed by atoms with Gasteiger partial charge in [-0.3, -0.25) is 4.68 Å². The van der Waals surface area contributed by atoms with Gasteiger partial charge in [-0.15, -0.1) is 0 Å². The number of nitrogens with zero attached hydrogens (tertiary/aromatic N) is 6. The second kappa shape index (κ2) is 10.7. The highest BCUT2D eigenvalue weighted by Crippen LogP contribution is 2.35. The van der Waals surface area contributed by atoms with Crippen molar-refractivity contribution in [1.29, 1.82) is 0 Å². The topological polar surface area (TPSA) is 100 Å². The van der Waals surface area contributed by atoms with E-state index in [1.807, 2.05) is 38.7 Å². The van der Waals surface area contributed by atoms with Crippen molar-refractivity contribution in [1.82, 2.24) is 34.9 Å². The fourth-order valence-electron chi connectivity index (χ4n) is 4.76. The summed E-state index contributed by atoms with van der Waals surface area (Å²) in [6, 6.07) is 5.41. The molecule has 40 heavy (non-hydrogen) atoms. The Kier molecular flexibility index (Phi) is 7.44. The third kappa shape index (κ3) is 6.53. The van der Waals surface area contributed by atoms with Gasteiger partial charge in [-0.05, 0) is 45.5 Å². The molecule has 2 amide bonds. The van der Waals surface area contributed by atoms with Crippen LogP contribution in [-0.2, 0) is 17.5 Å². The van der Waals surface area contributed by atoms with E-state index in [-0.39, 0.29) is 35.3 Å². The lowest BCUT2D eigenvalue weighted by molar-refractivity contribution is -0.138. The summed E-state index contributed by atoms with van der Waals surface area (Å²) < 4.78 is 49.7. The molecule has 0 bridgehead atoms. The number of hydrogen-bond donors (Lipinski definition) is 2. The van der Waals surface area contributed by atoms with Crippen LogP contribution in [0.1, 0.15) is 37.9 Å². The number of aromatic nitrogens is 4. The van der Waals surface area contributed by atoms with Crippen molar-refractivity contribution in [3.8, 4) is 11.3 Å². The van der Waals surface area contributed by atoms with Crippen LogP contribution >= 0.6 is 0 Å². The molecule has 2 fully saturated rings. The maximum absolute atomic E-state index is 14.0. The lowest BCUT2D eigenvalue weighted by atomic mass is 10.0. The lowest BCUT2D eigenvalue weighted by Gasteiger charge is -2.41. The number of likely N-dealkylation sites (N-methyl/N-ethyl adjacent to an activating group) is 1. The van der Waals surface area contributed by atoms with E-state index < -0.39 is 17.8 Å². The molecule has 2 aliphatic heterocycles. The van der Waals surface area contributed by atoms with Crippen molar-refractivity contribution in [3.05, 3.63) is 54.0 Å². The number of carbonyl (C=O) groups excluding carboxylic acids is 1. The zero-order valence-corrected chi connectivity index (χ0v) is 22.9. The second-order valence-corrected chi connectivity index (χ2v) is 11.3. The first-order valence-electron chi connectivity index (χ1n) is 13.1. The molecule has 0 saturated carbocycles. The second-order valence-electron chi connectivity index (χ2n) is 11.3. The SMILES string of the molecule is CN1CC(n2cc(Nc3nccc(-c4ccc(CNC(=O)N5CC(OC(C)(C)C)C5)c(C(F)(F)F)c4)n3)cn2)C1. The lowest BCUT2D eigenvalue weighted by Crippen LogP contribution is -2.59. The molecule has 2 aromatic heterocycles. The summed E-state index contributed by atoms with van der Waals surface area (Å²) in [7, 11) is 2.04. The normalized spacial score (nSPS) is 16.9. The van der Waals surface area contributed by atoms with Crippen molar-refractivity contribution < 1.29 is 22.7 Å². The molecular formula is C27H33F3N8O2. The van der Waals surface area contributed by atoms with Gasteiger partial charge in [0.05, 0.1) is 54.0 Å². The quantitative estimate of drug-likeness (QED) is 0.446. The number of anilines is 2. The van der Waals surface area contributed by atoms with Gasteiger partial charge in [-0.2, -0.15) is 18.3 Å². The summed E-state index contributed by atoms with van der Waals surface area (Å²) in [5.41, 5.74) is 0.111. The maximum Gasteiger partial charge on any atom is 0.416 e. The smallest absolute Gasteiger partial charge is 0.369 e. The Morgan fingerprint density at radius 3 is 2.55 bits per heavy atom. The monoisotopic (exact) mass is 558 g/mol. The van der Waals surface area contributed by atoms with Gasteiger partial charge in [-0.1, -0.05) is 12.1 Å².